The van der Waals surface area contributed by atoms with Crippen molar-refractivity contribution in [2.45, 2.75) is 12.5 Å². The van der Waals surface area contributed by atoms with Gasteiger partial charge in [-0.1, -0.05) is 48.5 Å². The summed E-state index contributed by atoms with van der Waals surface area (Å²) in [5, 5.41) is 0. The van der Waals surface area contributed by atoms with Gasteiger partial charge >= 0.3 is 0 Å². The lowest BCUT2D eigenvalue weighted by molar-refractivity contribution is -0.127. The van der Waals surface area contributed by atoms with Crippen LogP contribution in [0.3, 0.4) is 0 Å². The van der Waals surface area contributed by atoms with Crippen molar-refractivity contribution >= 4 is 28.8 Å². The standard InChI is InChI=1S/C21H17ClN2OS/c1-2-21(25)24-12-17(16-11-20(22)26-19(16)13-24)14-7-3-4-8-15(14)18-9-5-6-10-23-18/h2-11,17H,1,12-13H2. The maximum absolute atomic E-state index is 12.3. The van der Waals surface area contributed by atoms with Crippen molar-refractivity contribution in [2.75, 3.05) is 6.54 Å². The topological polar surface area (TPSA) is 33.2 Å². The fourth-order valence-electron chi connectivity index (χ4n) is 3.50. The number of hydrogen-bond donors (Lipinski definition) is 0. The van der Waals surface area contributed by atoms with Gasteiger partial charge in [0.2, 0.25) is 5.91 Å². The number of halogens is 1. The number of benzene rings is 1. The number of thiophene rings is 1. The summed E-state index contributed by atoms with van der Waals surface area (Å²) in [6.45, 7) is 4.83. The summed E-state index contributed by atoms with van der Waals surface area (Å²) in [5.41, 5.74) is 4.37. The Hall–Kier alpha value is -2.43. The van der Waals surface area contributed by atoms with Crippen molar-refractivity contribution in [3.05, 3.63) is 87.7 Å². The van der Waals surface area contributed by atoms with Gasteiger partial charge in [-0.25, -0.2) is 0 Å². The summed E-state index contributed by atoms with van der Waals surface area (Å²) in [6, 6.07) is 16.2. The zero-order valence-corrected chi connectivity index (χ0v) is 15.6. The summed E-state index contributed by atoms with van der Waals surface area (Å²) in [5.74, 6) is 0.00472. The molecule has 26 heavy (non-hydrogen) atoms. The molecule has 0 N–H and O–H groups in total. The molecule has 0 spiro atoms. The number of amides is 1. The Bertz CT molecular complexity index is 967. The molecule has 0 radical (unpaired) electrons. The van der Waals surface area contributed by atoms with Gasteiger partial charge in [-0.05, 0) is 35.4 Å². The first kappa shape index (κ1) is 17.0. The Labute approximate surface area is 161 Å². The first-order valence-corrected chi connectivity index (χ1v) is 9.56. The van der Waals surface area contributed by atoms with E-state index in [-0.39, 0.29) is 11.8 Å². The molecule has 0 saturated heterocycles. The minimum Gasteiger partial charge on any atom is -0.333 e. The third kappa shape index (κ3) is 3.06. The van der Waals surface area contributed by atoms with Gasteiger partial charge in [0.25, 0.3) is 0 Å². The van der Waals surface area contributed by atoms with E-state index in [4.69, 9.17) is 11.6 Å². The van der Waals surface area contributed by atoms with Gasteiger partial charge in [-0.2, -0.15) is 0 Å². The van der Waals surface area contributed by atoms with Crippen LogP contribution in [0.5, 0.6) is 0 Å². The van der Waals surface area contributed by atoms with Crippen molar-refractivity contribution in [2.24, 2.45) is 0 Å². The molecule has 3 nitrogen and oxygen atoms in total. The van der Waals surface area contributed by atoms with Crippen LogP contribution in [-0.2, 0) is 11.3 Å². The summed E-state index contributed by atoms with van der Waals surface area (Å²) in [4.78, 5) is 19.8. The van der Waals surface area contributed by atoms with E-state index in [9.17, 15) is 4.79 Å². The van der Waals surface area contributed by atoms with Crippen LogP contribution >= 0.6 is 22.9 Å². The molecule has 3 heterocycles. The van der Waals surface area contributed by atoms with E-state index < -0.39 is 0 Å². The Kier molecular flexibility index (Phi) is 4.62. The number of fused-ring (bicyclic) bond motifs is 1. The molecule has 0 bridgehead atoms. The van der Waals surface area contributed by atoms with Crippen LogP contribution in [0.1, 0.15) is 21.9 Å². The molecule has 1 aromatic carbocycles. The Morgan fingerprint density at radius 3 is 2.81 bits per heavy atom. The molecule has 5 heteroatoms. The molecule has 130 valence electrons. The molecule has 2 aromatic heterocycles. The monoisotopic (exact) mass is 380 g/mol. The molecule has 1 unspecified atom stereocenters. The lowest BCUT2D eigenvalue weighted by Crippen LogP contribution is -2.37. The van der Waals surface area contributed by atoms with Crippen LogP contribution in [0.15, 0.2) is 67.4 Å². The van der Waals surface area contributed by atoms with Gasteiger partial charge in [0.05, 0.1) is 16.6 Å². The molecule has 1 atom stereocenters. The Balaban J connectivity index is 1.84. The van der Waals surface area contributed by atoms with Crippen LogP contribution in [-0.4, -0.2) is 22.3 Å². The minimum absolute atomic E-state index is 0.0551. The first-order valence-electron chi connectivity index (χ1n) is 8.37. The maximum atomic E-state index is 12.3. The lowest BCUT2D eigenvalue weighted by Gasteiger charge is -2.33. The highest BCUT2D eigenvalue weighted by atomic mass is 35.5. The van der Waals surface area contributed by atoms with Crippen LogP contribution in [0.25, 0.3) is 11.3 Å². The fourth-order valence-corrected chi connectivity index (χ4v) is 4.86. The average molecular weight is 381 g/mol. The number of nitrogens with zero attached hydrogens (tertiary/aromatic N) is 2. The van der Waals surface area contributed by atoms with Crippen LogP contribution in [0.2, 0.25) is 4.34 Å². The van der Waals surface area contributed by atoms with Gasteiger partial charge in [0.15, 0.2) is 0 Å². The van der Waals surface area contributed by atoms with Crippen molar-refractivity contribution in [3.8, 4) is 11.3 Å². The van der Waals surface area contributed by atoms with E-state index in [1.165, 1.54) is 11.6 Å². The van der Waals surface area contributed by atoms with Crippen LogP contribution < -0.4 is 0 Å². The van der Waals surface area contributed by atoms with Crippen molar-refractivity contribution < 1.29 is 4.79 Å². The van der Waals surface area contributed by atoms with Gasteiger partial charge in [-0.15, -0.1) is 11.3 Å². The number of pyridine rings is 1. The number of rotatable bonds is 3. The van der Waals surface area contributed by atoms with Crippen LogP contribution in [0.4, 0.5) is 0 Å². The Morgan fingerprint density at radius 2 is 2.04 bits per heavy atom. The second-order valence-electron chi connectivity index (χ2n) is 6.21. The molecule has 1 amide bonds. The SMILES string of the molecule is C=CC(=O)N1Cc2sc(Cl)cc2C(c2ccccc2-c2ccccn2)C1. The van der Waals surface area contributed by atoms with Gasteiger partial charge in [0.1, 0.15) is 0 Å². The predicted molar refractivity (Wildman–Crippen MR) is 106 cm³/mol. The van der Waals surface area contributed by atoms with E-state index in [0.717, 1.165) is 26.0 Å². The molecule has 3 aromatic rings. The van der Waals surface area contributed by atoms with E-state index in [1.807, 2.05) is 41.3 Å². The molecule has 1 aliphatic rings. The van der Waals surface area contributed by atoms with Gasteiger partial charge in [-0.3, -0.25) is 9.78 Å². The molecule has 0 fully saturated rings. The van der Waals surface area contributed by atoms with Gasteiger partial charge < -0.3 is 4.90 Å². The fraction of sp³-hybridized carbons (Fsp3) is 0.143. The Morgan fingerprint density at radius 1 is 1.23 bits per heavy atom. The molecule has 0 saturated carbocycles. The van der Waals surface area contributed by atoms with Crippen LogP contribution in [0, 0.1) is 0 Å². The summed E-state index contributed by atoms with van der Waals surface area (Å²) in [7, 11) is 0. The summed E-state index contributed by atoms with van der Waals surface area (Å²) < 4.78 is 0.753. The molecule has 1 aliphatic heterocycles. The smallest absolute Gasteiger partial charge is 0.246 e. The number of aromatic nitrogens is 1. The largest absolute Gasteiger partial charge is 0.333 e. The summed E-state index contributed by atoms with van der Waals surface area (Å²) in [6.07, 6.45) is 3.18. The zero-order valence-electron chi connectivity index (χ0n) is 14.1. The van der Waals surface area contributed by atoms with Crippen molar-refractivity contribution in [1.82, 2.24) is 9.88 Å². The predicted octanol–water partition coefficient (Wildman–Crippen LogP) is 5.12. The second kappa shape index (κ2) is 7.06. The normalized spacial score (nSPS) is 16.2. The van der Waals surface area contributed by atoms with E-state index in [1.54, 1.807) is 17.5 Å². The molecular formula is C21H17ClN2OS. The third-order valence-corrected chi connectivity index (χ3v) is 5.95. The van der Waals surface area contributed by atoms with Crippen molar-refractivity contribution in [3.63, 3.8) is 0 Å². The van der Waals surface area contributed by atoms with E-state index in [0.29, 0.717) is 13.1 Å². The number of carbonyl (C=O) groups is 1. The number of hydrogen-bond acceptors (Lipinski definition) is 3. The highest BCUT2D eigenvalue weighted by molar-refractivity contribution is 7.16. The zero-order chi connectivity index (χ0) is 18.1. The third-order valence-electron chi connectivity index (χ3n) is 4.69. The van der Waals surface area contributed by atoms with Crippen molar-refractivity contribution in [1.29, 1.82) is 0 Å². The van der Waals surface area contributed by atoms with Gasteiger partial charge in [0, 0.05) is 29.1 Å². The highest BCUT2D eigenvalue weighted by Gasteiger charge is 2.31. The quantitative estimate of drug-likeness (QED) is 0.590. The average Bonchev–Trinajstić information content (AvgIpc) is 3.07. The molecule has 0 aliphatic carbocycles. The highest BCUT2D eigenvalue weighted by Crippen LogP contribution is 2.42. The lowest BCUT2D eigenvalue weighted by atomic mass is 9.85. The maximum Gasteiger partial charge on any atom is 0.246 e. The van der Waals surface area contributed by atoms with E-state index in [2.05, 4.69) is 23.7 Å². The summed E-state index contributed by atoms with van der Waals surface area (Å²) >= 11 is 7.85. The van der Waals surface area contributed by atoms with E-state index >= 15 is 0 Å². The molecule has 4 rings (SSSR count). The molecular weight excluding hydrogens is 364 g/mol. The minimum atomic E-state index is -0.0551. The first-order chi connectivity index (χ1) is 12.7. The second-order valence-corrected chi connectivity index (χ2v) is 7.97. The number of carbonyl (C=O) groups excluding carboxylic acids is 1.